The van der Waals surface area contributed by atoms with Gasteiger partial charge in [0.25, 0.3) is 17.5 Å². The highest BCUT2D eigenvalue weighted by Gasteiger charge is 2.44. The SMILES string of the molecule is O=C1CC(N(Cc2cccs2)C(=O)c2ccc([N+](=O)[O-])cc2)C(=O)N1c1ccc(F)cc1. The number of imide groups is 1. The van der Waals surface area contributed by atoms with Gasteiger partial charge < -0.3 is 4.90 Å². The normalized spacial score (nSPS) is 15.8. The molecule has 1 aliphatic heterocycles. The maximum absolute atomic E-state index is 13.3. The van der Waals surface area contributed by atoms with Gasteiger partial charge in [-0.2, -0.15) is 0 Å². The molecule has 2 heterocycles. The lowest BCUT2D eigenvalue weighted by Crippen LogP contribution is -2.45. The average molecular weight is 453 g/mol. The lowest BCUT2D eigenvalue weighted by atomic mass is 10.1. The van der Waals surface area contributed by atoms with Gasteiger partial charge in [-0.1, -0.05) is 6.07 Å². The molecular weight excluding hydrogens is 437 g/mol. The second-order valence-corrected chi connectivity index (χ2v) is 8.11. The fourth-order valence-corrected chi connectivity index (χ4v) is 4.21. The highest BCUT2D eigenvalue weighted by Crippen LogP contribution is 2.29. The first kappa shape index (κ1) is 21.3. The molecule has 1 aliphatic rings. The summed E-state index contributed by atoms with van der Waals surface area (Å²) in [5.41, 5.74) is 0.219. The number of benzene rings is 2. The van der Waals surface area contributed by atoms with E-state index in [1.54, 1.807) is 12.1 Å². The maximum atomic E-state index is 13.3. The number of nitro benzene ring substituents is 1. The fraction of sp³-hybridized carbons (Fsp3) is 0.136. The van der Waals surface area contributed by atoms with Crippen molar-refractivity contribution in [2.24, 2.45) is 0 Å². The summed E-state index contributed by atoms with van der Waals surface area (Å²) >= 11 is 1.40. The number of amides is 3. The molecule has 3 aromatic rings. The first-order valence-corrected chi connectivity index (χ1v) is 10.4. The molecule has 1 unspecified atom stereocenters. The Bertz CT molecular complexity index is 1180. The molecule has 10 heteroatoms. The summed E-state index contributed by atoms with van der Waals surface area (Å²) in [5.74, 6) is -2.12. The van der Waals surface area contributed by atoms with E-state index in [4.69, 9.17) is 0 Å². The van der Waals surface area contributed by atoms with Gasteiger partial charge in [0, 0.05) is 22.6 Å². The fourth-order valence-electron chi connectivity index (χ4n) is 3.51. The van der Waals surface area contributed by atoms with E-state index >= 15 is 0 Å². The quantitative estimate of drug-likeness (QED) is 0.321. The van der Waals surface area contributed by atoms with Gasteiger partial charge >= 0.3 is 0 Å². The summed E-state index contributed by atoms with van der Waals surface area (Å²) in [6.07, 6.45) is -0.222. The maximum Gasteiger partial charge on any atom is 0.269 e. The Balaban J connectivity index is 1.66. The summed E-state index contributed by atoms with van der Waals surface area (Å²) in [4.78, 5) is 52.6. The Morgan fingerprint density at radius 2 is 1.81 bits per heavy atom. The highest BCUT2D eigenvalue weighted by atomic mass is 32.1. The smallest absolute Gasteiger partial charge is 0.269 e. The second kappa shape index (κ2) is 8.67. The minimum Gasteiger partial charge on any atom is -0.321 e. The van der Waals surface area contributed by atoms with E-state index in [-0.39, 0.29) is 29.9 Å². The van der Waals surface area contributed by atoms with Crippen molar-refractivity contribution in [1.29, 1.82) is 0 Å². The Morgan fingerprint density at radius 3 is 2.41 bits per heavy atom. The van der Waals surface area contributed by atoms with Crippen molar-refractivity contribution in [3.05, 3.63) is 92.4 Å². The molecule has 0 aliphatic carbocycles. The van der Waals surface area contributed by atoms with Gasteiger partial charge in [-0.15, -0.1) is 11.3 Å². The number of carbonyl (C=O) groups is 3. The number of rotatable bonds is 6. The van der Waals surface area contributed by atoms with Crippen LogP contribution in [0.25, 0.3) is 0 Å². The van der Waals surface area contributed by atoms with E-state index in [9.17, 15) is 28.9 Å². The van der Waals surface area contributed by atoms with Crippen LogP contribution in [-0.4, -0.2) is 33.6 Å². The first-order valence-electron chi connectivity index (χ1n) is 9.55. The average Bonchev–Trinajstić information content (AvgIpc) is 3.40. The van der Waals surface area contributed by atoms with Gasteiger partial charge in [0.1, 0.15) is 11.9 Å². The zero-order chi connectivity index (χ0) is 22.8. The Morgan fingerprint density at radius 1 is 1.12 bits per heavy atom. The molecule has 0 bridgehead atoms. The summed E-state index contributed by atoms with van der Waals surface area (Å²) in [6.45, 7) is 0.0917. The van der Waals surface area contributed by atoms with Crippen LogP contribution in [0, 0.1) is 15.9 Å². The van der Waals surface area contributed by atoms with Crippen LogP contribution < -0.4 is 4.90 Å². The Hall–Kier alpha value is -3.92. The number of carbonyl (C=O) groups excluding carboxylic acids is 3. The molecule has 3 amide bonds. The molecule has 0 N–H and O–H groups in total. The van der Waals surface area contributed by atoms with E-state index in [1.165, 1.54) is 52.6 Å². The predicted octanol–water partition coefficient (Wildman–Crippen LogP) is 3.77. The molecule has 1 saturated heterocycles. The van der Waals surface area contributed by atoms with Gasteiger partial charge in [-0.05, 0) is 47.8 Å². The molecule has 1 fully saturated rings. The van der Waals surface area contributed by atoms with Crippen molar-refractivity contribution < 1.29 is 23.7 Å². The molecule has 162 valence electrons. The standard InChI is InChI=1S/C22H16FN3O5S/c23-15-5-9-16(10-6-15)25-20(27)12-19(22(25)29)24(13-18-2-1-11-32-18)21(28)14-3-7-17(8-4-14)26(30)31/h1-11,19H,12-13H2. The number of hydrogen-bond donors (Lipinski definition) is 0. The third kappa shape index (κ3) is 4.12. The molecule has 0 saturated carbocycles. The second-order valence-electron chi connectivity index (χ2n) is 7.08. The largest absolute Gasteiger partial charge is 0.321 e. The van der Waals surface area contributed by atoms with Crippen molar-refractivity contribution in [1.82, 2.24) is 4.90 Å². The molecule has 1 atom stereocenters. The topological polar surface area (TPSA) is 101 Å². The van der Waals surface area contributed by atoms with E-state index in [2.05, 4.69) is 0 Å². The number of thiophene rings is 1. The van der Waals surface area contributed by atoms with Crippen molar-refractivity contribution in [2.45, 2.75) is 19.0 Å². The third-order valence-electron chi connectivity index (χ3n) is 5.08. The van der Waals surface area contributed by atoms with Crippen molar-refractivity contribution in [2.75, 3.05) is 4.90 Å². The number of non-ortho nitro benzene ring substituents is 1. The van der Waals surface area contributed by atoms with Crippen LogP contribution in [-0.2, 0) is 16.1 Å². The van der Waals surface area contributed by atoms with Crippen LogP contribution >= 0.6 is 11.3 Å². The van der Waals surface area contributed by atoms with Crippen LogP contribution in [0.3, 0.4) is 0 Å². The van der Waals surface area contributed by atoms with Crippen LogP contribution in [0.2, 0.25) is 0 Å². The highest BCUT2D eigenvalue weighted by molar-refractivity contribution is 7.09. The molecule has 8 nitrogen and oxygen atoms in total. The zero-order valence-corrected chi connectivity index (χ0v) is 17.3. The zero-order valence-electron chi connectivity index (χ0n) is 16.5. The third-order valence-corrected chi connectivity index (χ3v) is 5.94. The van der Waals surface area contributed by atoms with Crippen molar-refractivity contribution in [3.63, 3.8) is 0 Å². The lowest BCUT2D eigenvalue weighted by molar-refractivity contribution is -0.384. The number of nitro groups is 1. The van der Waals surface area contributed by atoms with Crippen LogP contribution in [0.5, 0.6) is 0 Å². The van der Waals surface area contributed by atoms with E-state index in [0.29, 0.717) is 0 Å². The Labute approximate surface area is 185 Å². The van der Waals surface area contributed by atoms with E-state index in [1.807, 2.05) is 5.38 Å². The molecule has 32 heavy (non-hydrogen) atoms. The summed E-state index contributed by atoms with van der Waals surface area (Å²) in [7, 11) is 0. The molecule has 4 rings (SSSR count). The van der Waals surface area contributed by atoms with Crippen LogP contribution in [0.4, 0.5) is 15.8 Å². The Kier molecular flexibility index (Phi) is 5.78. The molecular formula is C22H16FN3O5S. The van der Waals surface area contributed by atoms with E-state index in [0.717, 1.165) is 21.9 Å². The molecule has 0 spiro atoms. The van der Waals surface area contributed by atoms with Crippen molar-refractivity contribution >= 4 is 40.4 Å². The van der Waals surface area contributed by atoms with Crippen molar-refractivity contribution in [3.8, 4) is 0 Å². The lowest BCUT2D eigenvalue weighted by Gasteiger charge is -2.27. The predicted molar refractivity (Wildman–Crippen MR) is 115 cm³/mol. The monoisotopic (exact) mass is 453 g/mol. The summed E-state index contributed by atoms with van der Waals surface area (Å²) in [5, 5.41) is 12.7. The number of anilines is 1. The summed E-state index contributed by atoms with van der Waals surface area (Å²) in [6, 6.07) is 12.6. The van der Waals surface area contributed by atoms with Gasteiger partial charge in [0.15, 0.2) is 0 Å². The van der Waals surface area contributed by atoms with Gasteiger partial charge in [-0.3, -0.25) is 24.5 Å². The minimum absolute atomic E-state index is 0.0917. The molecule has 2 aromatic carbocycles. The van der Waals surface area contributed by atoms with E-state index < -0.39 is 34.5 Å². The molecule has 0 radical (unpaired) electrons. The summed E-state index contributed by atoms with van der Waals surface area (Å²) < 4.78 is 13.3. The van der Waals surface area contributed by atoms with Gasteiger partial charge in [-0.25, -0.2) is 9.29 Å². The first-order chi connectivity index (χ1) is 15.3. The number of nitrogens with zero attached hydrogens (tertiary/aromatic N) is 3. The van der Waals surface area contributed by atoms with Crippen LogP contribution in [0.15, 0.2) is 66.0 Å². The van der Waals surface area contributed by atoms with Gasteiger partial charge in [0.05, 0.1) is 23.6 Å². The minimum atomic E-state index is -1.06. The van der Waals surface area contributed by atoms with Crippen LogP contribution in [0.1, 0.15) is 21.7 Å². The molecule has 1 aromatic heterocycles. The van der Waals surface area contributed by atoms with Gasteiger partial charge in [0.2, 0.25) is 5.91 Å². The number of hydrogen-bond acceptors (Lipinski definition) is 6. The number of halogens is 1.